The minimum atomic E-state index is -1.55. The summed E-state index contributed by atoms with van der Waals surface area (Å²) in [6.45, 7) is -0.396. The zero-order valence-corrected chi connectivity index (χ0v) is 9.41. The van der Waals surface area contributed by atoms with Gasteiger partial charge in [-0.1, -0.05) is 0 Å². The number of benzene rings is 1. The van der Waals surface area contributed by atoms with Crippen LogP contribution in [0.2, 0.25) is 0 Å². The van der Waals surface area contributed by atoms with Crippen LogP contribution < -0.4 is 9.47 Å². The van der Waals surface area contributed by atoms with E-state index in [1.54, 1.807) is 0 Å². The molecule has 7 nitrogen and oxygen atoms in total. The van der Waals surface area contributed by atoms with Crippen LogP contribution in [-0.2, 0) is 9.53 Å². The molecule has 1 N–H and O–H groups in total. The number of esters is 1. The van der Waals surface area contributed by atoms with Gasteiger partial charge in [0.05, 0.1) is 7.11 Å². The molecule has 1 rings (SSSR count). The van der Waals surface area contributed by atoms with Gasteiger partial charge in [0.25, 0.3) is 0 Å². The summed E-state index contributed by atoms with van der Waals surface area (Å²) in [6.07, 6.45) is -1.03. The molecular formula is C11H10O7. The Morgan fingerprint density at radius 3 is 2.61 bits per heavy atom. The number of carboxylic acid groups (broad SMARTS) is 1. The van der Waals surface area contributed by atoms with E-state index in [1.807, 2.05) is 0 Å². The highest BCUT2D eigenvalue weighted by Gasteiger charge is 2.12. The molecule has 0 saturated carbocycles. The number of hydrogen-bond acceptors (Lipinski definition) is 6. The number of ether oxygens (including phenoxy) is 3. The van der Waals surface area contributed by atoms with E-state index in [1.165, 1.54) is 25.3 Å². The highest BCUT2D eigenvalue weighted by Crippen LogP contribution is 2.28. The van der Waals surface area contributed by atoms with Crippen LogP contribution in [0.1, 0.15) is 10.4 Å². The first kappa shape index (κ1) is 13.5. The van der Waals surface area contributed by atoms with Crippen molar-refractivity contribution in [3.63, 3.8) is 0 Å². The smallest absolute Gasteiger partial charge is 0.478 e. The molecule has 18 heavy (non-hydrogen) atoms. The second-order valence-electron chi connectivity index (χ2n) is 3.06. The van der Waals surface area contributed by atoms with Crippen molar-refractivity contribution in [3.8, 4) is 11.5 Å². The van der Waals surface area contributed by atoms with Crippen LogP contribution in [0.25, 0.3) is 0 Å². The molecule has 1 aromatic carbocycles. The summed E-state index contributed by atoms with van der Waals surface area (Å²) in [5.41, 5.74) is 0.219. The predicted molar refractivity (Wildman–Crippen MR) is 58.0 cm³/mol. The Hall–Kier alpha value is -2.57. The van der Waals surface area contributed by atoms with Gasteiger partial charge in [-0.15, -0.1) is 0 Å². The average Bonchev–Trinajstić information content (AvgIpc) is 2.36. The third kappa shape index (κ3) is 3.78. The summed E-state index contributed by atoms with van der Waals surface area (Å²) in [6, 6.07) is 3.91. The fraction of sp³-hybridized carbons (Fsp3) is 0.182. The summed E-state index contributed by atoms with van der Waals surface area (Å²) in [5.74, 6) is -0.778. The largest absolute Gasteiger partial charge is 0.511 e. The molecule has 1 aromatic rings. The van der Waals surface area contributed by atoms with E-state index in [2.05, 4.69) is 9.47 Å². The normalized spacial score (nSPS) is 9.39. The first-order valence-corrected chi connectivity index (χ1v) is 4.76. The molecule has 0 atom stereocenters. The Morgan fingerprint density at radius 2 is 2.06 bits per heavy atom. The summed E-state index contributed by atoms with van der Waals surface area (Å²) < 4.78 is 13.8. The molecule has 7 heteroatoms. The van der Waals surface area contributed by atoms with E-state index in [0.29, 0.717) is 6.29 Å². The minimum absolute atomic E-state index is 0.0217. The summed E-state index contributed by atoms with van der Waals surface area (Å²) >= 11 is 0. The van der Waals surface area contributed by atoms with Gasteiger partial charge in [0.1, 0.15) is 6.29 Å². The molecule has 0 unspecified atom stereocenters. The molecule has 0 heterocycles. The van der Waals surface area contributed by atoms with Crippen molar-refractivity contribution in [2.75, 3.05) is 13.7 Å². The van der Waals surface area contributed by atoms with E-state index < -0.39 is 18.7 Å². The van der Waals surface area contributed by atoms with E-state index in [4.69, 9.17) is 9.84 Å². The molecule has 0 amide bonds. The molecule has 96 valence electrons. The molecule has 0 aliphatic carbocycles. The standard InChI is InChI=1S/C11H10O7/c1-16-10(13)6-17-8-3-2-7(5-12)4-9(8)18-11(14)15/h2-5H,6H2,1H3,(H,14,15). The van der Waals surface area contributed by atoms with Gasteiger partial charge in [0.15, 0.2) is 18.1 Å². The highest BCUT2D eigenvalue weighted by atomic mass is 16.7. The molecule has 0 radical (unpaired) electrons. The number of carbonyl (C=O) groups excluding carboxylic acids is 2. The maximum Gasteiger partial charge on any atom is 0.511 e. The first-order chi connectivity index (χ1) is 8.56. The van der Waals surface area contributed by atoms with Crippen molar-refractivity contribution in [2.24, 2.45) is 0 Å². The Morgan fingerprint density at radius 1 is 1.33 bits per heavy atom. The van der Waals surface area contributed by atoms with Gasteiger partial charge in [0.2, 0.25) is 0 Å². The van der Waals surface area contributed by atoms with Gasteiger partial charge in [-0.25, -0.2) is 9.59 Å². The lowest BCUT2D eigenvalue weighted by Crippen LogP contribution is -2.14. The van der Waals surface area contributed by atoms with Crippen molar-refractivity contribution < 1.29 is 33.7 Å². The lowest BCUT2D eigenvalue weighted by molar-refractivity contribution is -0.142. The SMILES string of the molecule is COC(=O)COc1ccc(C=O)cc1OC(=O)O. The summed E-state index contributed by atoms with van der Waals surface area (Å²) in [5, 5.41) is 8.52. The second kappa shape index (κ2) is 6.24. The van der Waals surface area contributed by atoms with Crippen LogP contribution in [0, 0.1) is 0 Å². The molecule has 0 aliphatic rings. The van der Waals surface area contributed by atoms with Crippen LogP contribution in [0.5, 0.6) is 11.5 Å². The topological polar surface area (TPSA) is 99.1 Å². The first-order valence-electron chi connectivity index (χ1n) is 4.76. The molecule has 0 saturated heterocycles. The molecule has 0 aliphatic heterocycles. The monoisotopic (exact) mass is 254 g/mol. The van der Waals surface area contributed by atoms with Gasteiger partial charge < -0.3 is 19.3 Å². The lowest BCUT2D eigenvalue weighted by atomic mass is 10.2. The van der Waals surface area contributed by atoms with Crippen LogP contribution in [0.15, 0.2) is 18.2 Å². The molecule has 0 aromatic heterocycles. The summed E-state index contributed by atoms with van der Waals surface area (Å²) in [4.78, 5) is 31.9. The van der Waals surface area contributed by atoms with Crippen molar-refractivity contribution in [1.29, 1.82) is 0 Å². The van der Waals surface area contributed by atoms with Crippen molar-refractivity contribution in [2.45, 2.75) is 0 Å². The van der Waals surface area contributed by atoms with Crippen molar-refractivity contribution in [1.82, 2.24) is 0 Å². The van der Waals surface area contributed by atoms with Gasteiger partial charge in [-0.2, -0.15) is 0 Å². The Bertz CT molecular complexity index is 466. The quantitative estimate of drug-likeness (QED) is 0.477. The van der Waals surface area contributed by atoms with Crippen molar-refractivity contribution in [3.05, 3.63) is 23.8 Å². The fourth-order valence-corrected chi connectivity index (χ4v) is 1.09. The molecule has 0 bridgehead atoms. The third-order valence-electron chi connectivity index (χ3n) is 1.87. The summed E-state index contributed by atoms with van der Waals surface area (Å²) in [7, 11) is 1.19. The van der Waals surface area contributed by atoms with E-state index in [0.717, 1.165) is 0 Å². The third-order valence-corrected chi connectivity index (χ3v) is 1.87. The maximum atomic E-state index is 10.9. The number of methoxy groups -OCH3 is 1. The Labute approximate surface area is 102 Å². The molecule has 0 fully saturated rings. The number of carbonyl (C=O) groups is 3. The Kier molecular flexibility index (Phi) is 4.67. The molecular weight excluding hydrogens is 244 g/mol. The minimum Gasteiger partial charge on any atom is -0.478 e. The lowest BCUT2D eigenvalue weighted by Gasteiger charge is -2.09. The van der Waals surface area contributed by atoms with E-state index >= 15 is 0 Å². The van der Waals surface area contributed by atoms with Gasteiger partial charge in [0, 0.05) is 5.56 Å². The van der Waals surface area contributed by atoms with E-state index in [9.17, 15) is 14.4 Å². The van der Waals surface area contributed by atoms with Crippen LogP contribution >= 0.6 is 0 Å². The van der Waals surface area contributed by atoms with Gasteiger partial charge >= 0.3 is 12.1 Å². The molecule has 0 spiro atoms. The van der Waals surface area contributed by atoms with Crippen LogP contribution in [0.3, 0.4) is 0 Å². The zero-order valence-electron chi connectivity index (χ0n) is 9.41. The zero-order chi connectivity index (χ0) is 13.5. The average molecular weight is 254 g/mol. The highest BCUT2D eigenvalue weighted by molar-refractivity contribution is 5.77. The maximum absolute atomic E-state index is 10.9. The second-order valence-corrected chi connectivity index (χ2v) is 3.06. The predicted octanol–water partition coefficient (Wildman–Crippen LogP) is 1.11. The van der Waals surface area contributed by atoms with Gasteiger partial charge in [-0.3, -0.25) is 4.79 Å². The fourth-order valence-electron chi connectivity index (χ4n) is 1.09. The Balaban J connectivity index is 2.90. The number of rotatable bonds is 5. The van der Waals surface area contributed by atoms with Crippen LogP contribution in [-0.4, -0.2) is 37.2 Å². The van der Waals surface area contributed by atoms with Crippen LogP contribution in [0.4, 0.5) is 4.79 Å². The number of hydrogen-bond donors (Lipinski definition) is 1. The van der Waals surface area contributed by atoms with E-state index in [-0.39, 0.29) is 17.1 Å². The number of aldehydes is 1. The van der Waals surface area contributed by atoms with Crippen molar-refractivity contribution >= 4 is 18.4 Å². The van der Waals surface area contributed by atoms with Gasteiger partial charge in [-0.05, 0) is 18.2 Å².